The first-order valence-electron chi connectivity index (χ1n) is 8.44. The van der Waals surface area contributed by atoms with Crippen LogP contribution in [-0.4, -0.2) is 36.1 Å². The zero-order chi connectivity index (χ0) is 16.9. The van der Waals surface area contributed by atoms with Gasteiger partial charge in [0.1, 0.15) is 11.6 Å². The first-order chi connectivity index (χ1) is 11.7. The van der Waals surface area contributed by atoms with Crippen molar-refractivity contribution in [2.45, 2.75) is 25.7 Å². The fourth-order valence-electron chi connectivity index (χ4n) is 3.07. The maximum absolute atomic E-state index is 13.0. The number of amides is 1. The van der Waals surface area contributed by atoms with Gasteiger partial charge in [-0.3, -0.25) is 4.79 Å². The number of anilines is 2. The number of nitrogens with zero attached hydrogens (tertiary/aromatic N) is 3. The molecular weight excluding hydrogens is 302 g/mol. The zero-order valence-electron chi connectivity index (χ0n) is 14.0. The highest BCUT2D eigenvalue weighted by molar-refractivity contribution is 6.08. The van der Waals surface area contributed by atoms with Crippen molar-refractivity contribution in [3.63, 3.8) is 0 Å². The van der Waals surface area contributed by atoms with E-state index in [1.165, 1.54) is 12.8 Å². The van der Waals surface area contributed by atoms with E-state index in [0.717, 1.165) is 37.4 Å². The number of aromatic hydroxyl groups is 1. The highest BCUT2D eigenvalue weighted by atomic mass is 16.3. The summed E-state index contributed by atoms with van der Waals surface area (Å²) in [5.74, 6) is 0.870. The lowest BCUT2D eigenvalue weighted by atomic mass is 10.2. The summed E-state index contributed by atoms with van der Waals surface area (Å²) in [4.78, 5) is 21.3. The molecule has 0 aliphatic carbocycles. The van der Waals surface area contributed by atoms with Crippen LogP contribution >= 0.6 is 0 Å². The Labute approximate surface area is 142 Å². The quantitative estimate of drug-likeness (QED) is 0.939. The summed E-state index contributed by atoms with van der Waals surface area (Å²) in [5.41, 5.74) is 1.36. The Morgan fingerprint density at radius 2 is 1.75 bits per heavy atom. The van der Waals surface area contributed by atoms with E-state index >= 15 is 0 Å². The van der Waals surface area contributed by atoms with Crippen LogP contribution in [0.3, 0.4) is 0 Å². The number of aromatic nitrogens is 1. The number of benzene rings is 1. The molecule has 0 saturated carbocycles. The molecule has 126 valence electrons. The second kappa shape index (κ2) is 7.34. The molecule has 2 aromatic rings. The van der Waals surface area contributed by atoms with E-state index in [1.807, 2.05) is 6.07 Å². The number of rotatable bonds is 3. The van der Waals surface area contributed by atoms with Crippen molar-refractivity contribution in [3.05, 3.63) is 48.2 Å². The highest BCUT2D eigenvalue weighted by Gasteiger charge is 2.22. The van der Waals surface area contributed by atoms with Crippen molar-refractivity contribution in [2.75, 3.05) is 29.9 Å². The van der Waals surface area contributed by atoms with Crippen LogP contribution in [0.5, 0.6) is 5.75 Å². The SMILES string of the molecule is CN(C(=O)c1cccnc1N1CCCCCC1)c1ccc(O)cc1. The van der Waals surface area contributed by atoms with Crippen molar-refractivity contribution in [3.8, 4) is 5.75 Å². The summed E-state index contributed by atoms with van der Waals surface area (Å²) in [6.07, 6.45) is 6.49. The second-order valence-corrected chi connectivity index (χ2v) is 6.16. The van der Waals surface area contributed by atoms with Crippen LogP contribution in [-0.2, 0) is 0 Å². The minimum absolute atomic E-state index is 0.0898. The maximum Gasteiger partial charge on any atom is 0.261 e. The second-order valence-electron chi connectivity index (χ2n) is 6.16. The lowest BCUT2D eigenvalue weighted by Gasteiger charge is -2.25. The van der Waals surface area contributed by atoms with Gasteiger partial charge in [-0.1, -0.05) is 12.8 Å². The fourth-order valence-corrected chi connectivity index (χ4v) is 3.07. The van der Waals surface area contributed by atoms with Gasteiger partial charge in [-0.25, -0.2) is 4.98 Å². The predicted molar refractivity (Wildman–Crippen MR) is 95.8 cm³/mol. The van der Waals surface area contributed by atoms with E-state index in [-0.39, 0.29) is 11.7 Å². The lowest BCUT2D eigenvalue weighted by molar-refractivity contribution is 0.0993. The molecule has 24 heavy (non-hydrogen) atoms. The molecule has 1 aromatic heterocycles. The number of pyridine rings is 1. The van der Waals surface area contributed by atoms with Crippen molar-refractivity contribution in [1.29, 1.82) is 0 Å². The number of hydrogen-bond donors (Lipinski definition) is 1. The van der Waals surface area contributed by atoms with Gasteiger partial charge in [-0.05, 0) is 49.2 Å². The van der Waals surface area contributed by atoms with Crippen LogP contribution in [0.2, 0.25) is 0 Å². The number of phenols is 1. The average Bonchev–Trinajstić information content (AvgIpc) is 2.90. The monoisotopic (exact) mass is 325 g/mol. The Hall–Kier alpha value is -2.56. The molecule has 0 atom stereocenters. The number of carbonyl (C=O) groups is 1. The Balaban J connectivity index is 1.88. The van der Waals surface area contributed by atoms with E-state index in [0.29, 0.717) is 5.56 Å². The smallest absolute Gasteiger partial charge is 0.261 e. The van der Waals surface area contributed by atoms with Crippen LogP contribution in [0.15, 0.2) is 42.6 Å². The van der Waals surface area contributed by atoms with Crippen LogP contribution in [0, 0.1) is 0 Å². The van der Waals surface area contributed by atoms with Crippen LogP contribution in [0.25, 0.3) is 0 Å². The van der Waals surface area contributed by atoms with Crippen molar-refractivity contribution >= 4 is 17.4 Å². The van der Waals surface area contributed by atoms with E-state index in [1.54, 1.807) is 48.5 Å². The fraction of sp³-hybridized carbons (Fsp3) is 0.368. The molecule has 1 aliphatic rings. The van der Waals surface area contributed by atoms with Gasteiger partial charge < -0.3 is 14.9 Å². The standard InChI is InChI=1S/C19H23N3O2/c1-21(15-8-10-16(23)11-9-15)19(24)17-7-6-12-20-18(17)22-13-4-2-3-5-14-22/h6-12,23H,2-5,13-14H2,1H3. The normalized spacial score (nSPS) is 15.0. The number of carbonyl (C=O) groups excluding carboxylic acids is 1. The Morgan fingerprint density at radius 3 is 2.42 bits per heavy atom. The molecule has 0 spiro atoms. The Bertz CT molecular complexity index is 692. The van der Waals surface area contributed by atoms with Gasteiger partial charge >= 0.3 is 0 Å². The van der Waals surface area contributed by atoms with E-state index in [2.05, 4.69) is 9.88 Å². The molecular formula is C19H23N3O2. The molecule has 2 heterocycles. The zero-order valence-corrected chi connectivity index (χ0v) is 14.0. The van der Waals surface area contributed by atoms with Crippen LogP contribution in [0.1, 0.15) is 36.0 Å². The third-order valence-corrected chi connectivity index (χ3v) is 4.46. The summed E-state index contributed by atoms with van der Waals surface area (Å²) in [6, 6.07) is 10.3. The summed E-state index contributed by atoms with van der Waals surface area (Å²) < 4.78 is 0. The molecule has 1 saturated heterocycles. The minimum Gasteiger partial charge on any atom is -0.508 e. The predicted octanol–water partition coefficient (Wildman–Crippen LogP) is 3.44. The van der Waals surface area contributed by atoms with Gasteiger partial charge in [-0.15, -0.1) is 0 Å². The lowest BCUT2D eigenvalue weighted by Crippen LogP contribution is -2.31. The maximum atomic E-state index is 13.0. The first kappa shape index (κ1) is 16.3. The van der Waals surface area contributed by atoms with Crippen molar-refractivity contribution < 1.29 is 9.90 Å². The average molecular weight is 325 g/mol. The Kier molecular flexibility index (Phi) is 4.99. The molecule has 0 unspecified atom stereocenters. The topological polar surface area (TPSA) is 56.7 Å². The van der Waals surface area contributed by atoms with E-state index in [9.17, 15) is 9.90 Å². The summed E-state index contributed by atoms with van der Waals surface area (Å²) in [7, 11) is 1.74. The minimum atomic E-state index is -0.0898. The molecule has 1 aromatic carbocycles. The van der Waals surface area contributed by atoms with Crippen LogP contribution in [0.4, 0.5) is 11.5 Å². The van der Waals surface area contributed by atoms with Gasteiger partial charge in [0.05, 0.1) is 5.56 Å². The van der Waals surface area contributed by atoms with Gasteiger partial charge in [-0.2, -0.15) is 0 Å². The first-order valence-corrected chi connectivity index (χ1v) is 8.44. The third kappa shape index (κ3) is 3.50. The molecule has 5 nitrogen and oxygen atoms in total. The highest BCUT2D eigenvalue weighted by Crippen LogP contribution is 2.25. The molecule has 3 rings (SSSR count). The molecule has 1 aliphatic heterocycles. The summed E-state index contributed by atoms with van der Waals surface area (Å²) >= 11 is 0. The Morgan fingerprint density at radius 1 is 1.08 bits per heavy atom. The summed E-state index contributed by atoms with van der Waals surface area (Å²) in [6.45, 7) is 1.89. The number of hydrogen-bond acceptors (Lipinski definition) is 4. The van der Waals surface area contributed by atoms with Gasteiger partial charge in [0.2, 0.25) is 0 Å². The van der Waals surface area contributed by atoms with Gasteiger partial charge in [0, 0.05) is 32.0 Å². The van der Waals surface area contributed by atoms with Crippen LogP contribution < -0.4 is 9.80 Å². The molecule has 0 radical (unpaired) electrons. The van der Waals surface area contributed by atoms with E-state index < -0.39 is 0 Å². The molecule has 1 amide bonds. The molecule has 1 fully saturated rings. The van der Waals surface area contributed by atoms with Gasteiger partial charge in [0.25, 0.3) is 5.91 Å². The van der Waals surface area contributed by atoms with E-state index in [4.69, 9.17) is 0 Å². The largest absolute Gasteiger partial charge is 0.508 e. The molecule has 5 heteroatoms. The molecule has 0 bridgehead atoms. The van der Waals surface area contributed by atoms with Gasteiger partial charge in [0.15, 0.2) is 0 Å². The van der Waals surface area contributed by atoms with Crippen molar-refractivity contribution in [1.82, 2.24) is 4.98 Å². The molecule has 1 N–H and O–H groups in total. The third-order valence-electron chi connectivity index (χ3n) is 4.46. The number of phenolic OH excluding ortho intramolecular Hbond substituents is 1. The summed E-state index contributed by atoms with van der Waals surface area (Å²) in [5, 5.41) is 9.41. The van der Waals surface area contributed by atoms with Crippen molar-refractivity contribution in [2.24, 2.45) is 0 Å².